The Morgan fingerprint density at radius 1 is 1.29 bits per heavy atom. The van der Waals surface area contributed by atoms with Crippen LogP contribution in [0.2, 0.25) is 0 Å². The zero-order valence-electron chi connectivity index (χ0n) is 9.74. The Morgan fingerprint density at radius 2 is 2.06 bits per heavy atom. The molecule has 0 aliphatic carbocycles. The Hall–Kier alpha value is -1.39. The van der Waals surface area contributed by atoms with Crippen molar-refractivity contribution in [3.8, 4) is 5.75 Å². The Morgan fingerprint density at radius 3 is 2.59 bits per heavy atom. The van der Waals surface area contributed by atoms with E-state index in [0.717, 1.165) is 11.1 Å². The number of ether oxygens (including phenoxy) is 1. The van der Waals surface area contributed by atoms with E-state index in [9.17, 15) is 4.39 Å². The average Bonchev–Trinajstić information content (AvgIpc) is 2.75. The lowest BCUT2D eigenvalue weighted by Crippen LogP contribution is -2.11. The number of nitrogens with two attached hydrogens (primary N) is 1. The molecule has 0 saturated carbocycles. The molecule has 0 radical (unpaired) electrons. The van der Waals surface area contributed by atoms with Gasteiger partial charge in [-0.15, -0.1) is 11.3 Å². The summed E-state index contributed by atoms with van der Waals surface area (Å²) in [6.07, 6.45) is 0. The summed E-state index contributed by atoms with van der Waals surface area (Å²) in [5.74, 6) is -0.144. The molecule has 17 heavy (non-hydrogen) atoms. The third-order valence-corrected chi connectivity index (χ3v) is 3.52. The maximum atomic E-state index is 13.6. The fourth-order valence-electron chi connectivity index (χ4n) is 1.70. The van der Waals surface area contributed by atoms with E-state index >= 15 is 0 Å². The molecule has 4 heteroatoms. The minimum atomic E-state index is -0.382. The van der Waals surface area contributed by atoms with Gasteiger partial charge in [0.05, 0.1) is 13.2 Å². The molecular weight excluding hydrogens is 237 g/mol. The van der Waals surface area contributed by atoms with E-state index < -0.39 is 0 Å². The fraction of sp³-hybridized carbons (Fsp3) is 0.231. The van der Waals surface area contributed by atoms with Gasteiger partial charge in [0.2, 0.25) is 0 Å². The lowest BCUT2D eigenvalue weighted by atomic mass is 10.0. The summed E-state index contributed by atoms with van der Waals surface area (Å²) in [5, 5.41) is 2.00. The quantitative estimate of drug-likeness (QED) is 0.908. The maximum Gasteiger partial charge on any atom is 0.165 e. The van der Waals surface area contributed by atoms with Crippen LogP contribution in [-0.2, 0) is 0 Å². The van der Waals surface area contributed by atoms with Crippen LogP contribution in [0.4, 0.5) is 4.39 Å². The molecule has 2 rings (SSSR count). The third kappa shape index (κ3) is 2.48. The molecule has 0 aliphatic rings. The summed E-state index contributed by atoms with van der Waals surface area (Å²) >= 11 is 1.64. The molecule has 2 aromatic rings. The predicted octanol–water partition coefficient (Wildman–Crippen LogP) is 3.25. The van der Waals surface area contributed by atoms with Crippen molar-refractivity contribution >= 4 is 11.3 Å². The zero-order valence-corrected chi connectivity index (χ0v) is 10.6. The lowest BCUT2D eigenvalue weighted by molar-refractivity contribution is 0.386. The topological polar surface area (TPSA) is 35.2 Å². The van der Waals surface area contributed by atoms with Crippen molar-refractivity contribution in [2.75, 3.05) is 7.11 Å². The number of thiophene rings is 1. The highest BCUT2D eigenvalue weighted by Gasteiger charge is 2.12. The highest BCUT2D eigenvalue weighted by atomic mass is 32.1. The Balaban J connectivity index is 2.31. The van der Waals surface area contributed by atoms with Crippen molar-refractivity contribution in [1.29, 1.82) is 0 Å². The summed E-state index contributed by atoms with van der Waals surface area (Å²) < 4.78 is 18.4. The molecule has 2 N–H and O–H groups in total. The summed E-state index contributed by atoms with van der Waals surface area (Å²) in [5.41, 5.74) is 7.85. The first-order valence-electron chi connectivity index (χ1n) is 5.26. The highest BCUT2D eigenvalue weighted by molar-refractivity contribution is 7.10. The van der Waals surface area contributed by atoms with Crippen molar-refractivity contribution < 1.29 is 9.13 Å². The Kier molecular flexibility index (Phi) is 3.45. The van der Waals surface area contributed by atoms with Gasteiger partial charge in [-0.1, -0.05) is 6.07 Å². The molecule has 0 spiro atoms. The molecule has 0 fully saturated rings. The van der Waals surface area contributed by atoms with Crippen molar-refractivity contribution in [2.24, 2.45) is 5.73 Å². The molecule has 1 aromatic carbocycles. The van der Waals surface area contributed by atoms with Gasteiger partial charge in [0.15, 0.2) is 11.6 Å². The minimum Gasteiger partial charge on any atom is -0.494 e. The molecule has 2 nitrogen and oxygen atoms in total. The molecule has 1 heterocycles. The molecule has 1 aromatic heterocycles. The van der Waals surface area contributed by atoms with Crippen LogP contribution in [0.5, 0.6) is 5.75 Å². The van der Waals surface area contributed by atoms with Gasteiger partial charge in [0.25, 0.3) is 0 Å². The van der Waals surface area contributed by atoms with Crippen LogP contribution < -0.4 is 10.5 Å². The summed E-state index contributed by atoms with van der Waals surface area (Å²) in [4.78, 5) is 1.20. The van der Waals surface area contributed by atoms with Crippen LogP contribution in [0.1, 0.15) is 22.0 Å². The number of methoxy groups -OCH3 is 1. The molecule has 1 atom stereocenters. The largest absolute Gasteiger partial charge is 0.494 e. The average molecular weight is 251 g/mol. The molecule has 90 valence electrons. The SMILES string of the molecule is COc1ccc(C(N)c2csc(C)c2)cc1F. The van der Waals surface area contributed by atoms with Crippen molar-refractivity contribution in [3.05, 3.63) is 51.5 Å². The summed E-state index contributed by atoms with van der Waals surface area (Å²) in [6, 6.07) is 6.55. The van der Waals surface area contributed by atoms with E-state index in [0.29, 0.717) is 0 Å². The molecule has 0 saturated heterocycles. The Labute approximate surface area is 104 Å². The van der Waals surface area contributed by atoms with E-state index in [1.54, 1.807) is 23.5 Å². The third-order valence-electron chi connectivity index (χ3n) is 2.64. The van der Waals surface area contributed by atoms with Crippen LogP contribution in [0, 0.1) is 12.7 Å². The van der Waals surface area contributed by atoms with Gasteiger partial charge in [-0.05, 0) is 41.6 Å². The first kappa shape index (κ1) is 12.1. The first-order chi connectivity index (χ1) is 8.11. The van der Waals surface area contributed by atoms with Crippen LogP contribution in [0.3, 0.4) is 0 Å². The standard InChI is InChI=1S/C13H14FNOS/c1-8-5-10(7-17-8)13(15)9-3-4-12(16-2)11(14)6-9/h3-7,13H,15H2,1-2H3. The second kappa shape index (κ2) is 4.85. The number of hydrogen-bond donors (Lipinski definition) is 1. The van der Waals surface area contributed by atoms with E-state index in [4.69, 9.17) is 10.5 Å². The van der Waals surface area contributed by atoms with Gasteiger partial charge in [0.1, 0.15) is 0 Å². The van der Waals surface area contributed by atoms with Crippen molar-refractivity contribution in [1.82, 2.24) is 0 Å². The van der Waals surface area contributed by atoms with Gasteiger partial charge in [0, 0.05) is 4.88 Å². The van der Waals surface area contributed by atoms with Gasteiger partial charge in [-0.25, -0.2) is 4.39 Å². The van der Waals surface area contributed by atoms with Gasteiger partial charge in [-0.3, -0.25) is 0 Å². The number of halogens is 1. The number of aryl methyl sites for hydroxylation is 1. The summed E-state index contributed by atoms with van der Waals surface area (Å²) in [6.45, 7) is 2.02. The number of benzene rings is 1. The summed E-state index contributed by atoms with van der Waals surface area (Å²) in [7, 11) is 1.44. The normalized spacial score (nSPS) is 12.5. The fourth-order valence-corrected chi connectivity index (χ4v) is 2.44. The van der Waals surface area contributed by atoms with Gasteiger partial charge < -0.3 is 10.5 Å². The predicted molar refractivity (Wildman–Crippen MR) is 68.0 cm³/mol. The van der Waals surface area contributed by atoms with E-state index in [1.807, 2.05) is 18.4 Å². The molecule has 0 bridgehead atoms. The second-order valence-electron chi connectivity index (χ2n) is 3.86. The highest BCUT2D eigenvalue weighted by Crippen LogP contribution is 2.27. The van der Waals surface area contributed by atoms with Crippen LogP contribution >= 0.6 is 11.3 Å². The molecular formula is C13H14FNOS. The molecule has 1 unspecified atom stereocenters. The van der Waals surface area contributed by atoms with Gasteiger partial charge >= 0.3 is 0 Å². The monoisotopic (exact) mass is 251 g/mol. The second-order valence-corrected chi connectivity index (χ2v) is 4.98. The Bertz CT molecular complexity index is 524. The minimum absolute atomic E-state index is 0.238. The van der Waals surface area contributed by atoms with E-state index in [-0.39, 0.29) is 17.6 Å². The smallest absolute Gasteiger partial charge is 0.165 e. The molecule has 0 amide bonds. The van der Waals surface area contributed by atoms with Crippen molar-refractivity contribution in [3.63, 3.8) is 0 Å². The zero-order chi connectivity index (χ0) is 12.4. The van der Waals surface area contributed by atoms with Gasteiger partial charge in [-0.2, -0.15) is 0 Å². The first-order valence-corrected chi connectivity index (χ1v) is 6.14. The number of rotatable bonds is 3. The van der Waals surface area contributed by atoms with Crippen LogP contribution in [0.15, 0.2) is 29.6 Å². The van der Waals surface area contributed by atoms with Crippen molar-refractivity contribution in [2.45, 2.75) is 13.0 Å². The van der Waals surface area contributed by atoms with Crippen LogP contribution in [-0.4, -0.2) is 7.11 Å². The molecule has 0 aliphatic heterocycles. The lowest BCUT2D eigenvalue weighted by Gasteiger charge is -2.11. The number of hydrogen-bond acceptors (Lipinski definition) is 3. The van der Waals surface area contributed by atoms with E-state index in [2.05, 4.69) is 0 Å². The van der Waals surface area contributed by atoms with E-state index in [1.165, 1.54) is 18.1 Å². The van der Waals surface area contributed by atoms with Crippen LogP contribution in [0.25, 0.3) is 0 Å². The maximum absolute atomic E-state index is 13.6.